The molecule has 0 aliphatic heterocycles. The molecule has 1 N–H and O–H groups in total. The molecule has 5 nitrogen and oxygen atoms in total. The molecule has 25 heavy (non-hydrogen) atoms. The third kappa shape index (κ3) is 3.99. The smallest absolute Gasteiger partial charge is 0.344 e. The van der Waals surface area contributed by atoms with Crippen LogP contribution in [0, 0.1) is 0 Å². The lowest BCUT2D eigenvalue weighted by Crippen LogP contribution is -2.27. The van der Waals surface area contributed by atoms with E-state index in [1.165, 1.54) is 0 Å². The van der Waals surface area contributed by atoms with E-state index in [2.05, 4.69) is 5.32 Å². The molecule has 1 aliphatic rings. The molecule has 0 bridgehead atoms. The van der Waals surface area contributed by atoms with E-state index < -0.39 is 11.4 Å². The van der Waals surface area contributed by atoms with E-state index in [1.54, 1.807) is 31.2 Å². The van der Waals surface area contributed by atoms with Crippen LogP contribution in [-0.2, 0) is 19.7 Å². The lowest BCUT2D eigenvalue weighted by atomic mass is 9.95. The molecule has 0 unspecified atom stereocenters. The van der Waals surface area contributed by atoms with E-state index in [0.29, 0.717) is 18.0 Å². The maximum absolute atomic E-state index is 12.7. The maximum Gasteiger partial charge on any atom is 0.344 e. The van der Waals surface area contributed by atoms with Crippen molar-refractivity contribution >= 4 is 17.6 Å². The summed E-state index contributed by atoms with van der Waals surface area (Å²) in [5.74, 6) is 0.160. The quantitative estimate of drug-likeness (QED) is 0.786. The number of amides is 1. The highest BCUT2D eigenvalue weighted by atomic mass is 16.6. The monoisotopic (exact) mass is 339 g/mol. The molecule has 3 rings (SSSR count). The average molecular weight is 339 g/mol. The fraction of sp³-hybridized carbons (Fsp3) is 0.300. The van der Waals surface area contributed by atoms with Gasteiger partial charge < -0.3 is 14.8 Å². The van der Waals surface area contributed by atoms with Gasteiger partial charge in [0.1, 0.15) is 5.75 Å². The first-order valence-corrected chi connectivity index (χ1v) is 8.39. The molecule has 1 amide bonds. The zero-order valence-corrected chi connectivity index (χ0v) is 14.2. The summed E-state index contributed by atoms with van der Waals surface area (Å²) in [5.41, 5.74) is 1.36. The van der Waals surface area contributed by atoms with Crippen LogP contribution in [0.1, 0.15) is 25.3 Å². The molecule has 1 aliphatic carbocycles. The number of nitrogens with one attached hydrogen (secondary N) is 1. The second-order valence-corrected chi connectivity index (χ2v) is 6.02. The molecule has 2 aromatic rings. The number of benzene rings is 2. The number of ether oxygens (including phenoxy) is 2. The summed E-state index contributed by atoms with van der Waals surface area (Å²) < 4.78 is 10.1. The first kappa shape index (κ1) is 17.0. The highest BCUT2D eigenvalue weighted by Gasteiger charge is 2.51. The lowest BCUT2D eigenvalue weighted by Gasteiger charge is -2.16. The van der Waals surface area contributed by atoms with Crippen LogP contribution in [0.15, 0.2) is 54.6 Å². The molecule has 0 radical (unpaired) electrons. The minimum atomic E-state index is -0.404. The van der Waals surface area contributed by atoms with Gasteiger partial charge >= 0.3 is 5.97 Å². The van der Waals surface area contributed by atoms with Gasteiger partial charge in [-0.1, -0.05) is 30.3 Å². The Morgan fingerprint density at radius 2 is 1.72 bits per heavy atom. The molecule has 1 saturated carbocycles. The Bertz CT molecular complexity index is 736. The predicted molar refractivity (Wildman–Crippen MR) is 94.6 cm³/mol. The van der Waals surface area contributed by atoms with Gasteiger partial charge in [0.2, 0.25) is 5.91 Å². The Labute approximate surface area is 147 Å². The lowest BCUT2D eigenvalue weighted by molar-refractivity contribution is -0.145. The average Bonchev–Trinajstić information content (AvgIpc) is 3.44. The van der Waals surface area contributed by atoms with Crippen LogP contribution in [0.25, 0.3) is 0 Å². The van der Waals surface area contributed by atoms with Crippen molar-refractivity contribution in [3.05, 3.63) is 60.2 Å². The van der Waals surface area contributed by atoms with Gasteiger partial charge in [0, 0.05) is 5.69 Å². The van der Waals surface area contributed by atoms with Crippen molar-refractivity contribution in [2.45, 2.75) is 25.2 Å². The first-order valence-electron chi connectivity index (χ1n) is 8.39. The van der Waals surface area contributed by atoms with Gasteiger partial charge in [-0.25, -0.2) is 4.79 Å². The zero-order valence-electron chi connectivity index (χ0n) is 14.2. The van der Waals surface area contributed by atoms with Crippen LogP contribution in [0.4, 0.5) is 5.69 Å². The van der Waals surface area contributed by atoms with Crippen molar-refractivity contribution in [1.82, 2.24) is 0 Å². The molecule has 0 saturated heterocycles. The first-order chi connectivity index (χ1) is 12.1. The van der Waals surface area contributed by atoms with E-state index in [9.17, 15) is 9.59 Å². The summed E-state index contributed by atoms with van der Waals surface area (Å²) >= 11 is 0. The molecular formula is C20H21NO4. The highest BCUT2D eigenvalue weighted by Crippen LogP contribution is 2.48. The van der Waals surface area contributed by atoms with Gasteiger partial charge in [-0.15, -0.1) is 0 Å². The van der Waals surface area contributed by atoms with Crippen LogP contribution >= 0.6 is 0 Å². The fourth-order valence-corrected chi connectivity index (χ4v) is 2.76. The summed E-state index contributed by atoms with van der Waals surface area (Å²) in [6.07, 6.45) is 1.73. The Hall–Kier alpha value is -2.82. The van der Waals surface area contributed by atoms with Crippen LogP contribution in [-0.4, -0.2) is 25.1 Å². The third-order valence-electron chi connectivity index (χ3n) is 4.29. The van der Waals surface area contributed by atoms with Crippen molar-refractivity contribution in [3.8, 4) is 5.75 Å². The normalized spacial score (nSPS) is 14.4. The summed E-state index contributed by atoms with van der Waals surface area (Å²) in [6, 6.07) is 16.8. The van der Waals surface area contributed by atoms with Crippen LogP contribution in [0.3, 0.4) is 0 Å². The summed E-state index contributed by atoms with van der Waals surface area (Å²) in [5, 5.41) is 2.97. The Balaban J connectivity index is 1.58. The number of carbonyl (C=O) groups excluding carboxylic acids is 2. The Morgan fingerprint density at radius 3 is 2.32 bits per heavy atom. The van der Waals surface area contributed by atoms with Crippen molar-refractivity contribution in [1.29, 1.82) is 0 Å². The van der Waals surface area contributed by atoms with Gasteiger partial charge in [0.25, 0.3) is 0 Å². The summed E-state index contributed by atoms with van der Waals surface area (Å²) in [7, 11) is 0. The molecule has 5 heteroatoms. The standard InChI is InChI=1S/C20H21NO4/c1-2-24-18(22)14-25-17-10-8-16(9-11-17)21-19(23)20(12-13-20)15-6-4-3-5-7-15/h3-11H,2,12-14H2,1H3,(H,21,23). The predicted octanol–water partition coefficient (Wildman–Crippen LogP) is 3.30. The van der Waals surface area contributed by atoms with Gasteiger partial charge in [-0.3, -0.25) is 4.79 Å². The van der Waals surface area contributed by atoms with Crippen molar-refractivity contribution in [2.24, 2.45) is 0 Å². The number of anilines is 1. The van der Waals surface area contributed by atoms with Gasteiger partial charge in [0.05, 0.1) is 12.0 Å². The minimum absolute atomic E-state index is 0.0129. The molecular weight excluding hydrogens is 318 g/mol. The number of hydrogen-bond acceptors (Lipinski definition) is 4. The molecule has 130 valence electrons. The minimum Gasteiger partial charge on any atom is -0.482 e. The maximum atomic E-state index is 12.7. The molecule has 0 spiro atoms. The fourth-order valence-electron chi connectivity index (χ4n) is 2.76. The van der Waals surface area contributed by atoms with E-state index in [1.807, 2.05) is 30.3 Å². The van der Waals surface area contributed by atoms with Crippen molar-refractivity contribution in [2.75, 3.05) is 18.5 Å². The molecule has 2 aromatic carbocycles. The molecule has 0 heterocycles. The summed E-state index contributed by atoms with van der Waals surface area (Å²) in [4.78, 5) is 23.9. The zero-order chi connectivity index (χ0) is 17.7. The van der Waals surface area contributed by atoms with Crippen LogP contribution in [0.5, 0.6) is 5.75 Å². The molecule has 0 atom stereocenters. The van der Waals surface area contributed by atoms with Crippen LogP contribution in [0.2, 0.25) is 0 Å². The summed E-state index contributed by atoms with van der Waals surface area (Å²) in [6.45, 7) is 1.95. The topological polar surface area (TPSA) is 64.6 Å². The molecule has 0 aromatic heterocycles. The molecule has 1 fully saturated rings. The van der Waals surface area contributed by atoms with Crippen LogP contribution < -0.4 is 10.1 Å². The number of hydrogen-bond donors (Lipinski definition) is 1. The number of carbonyl (C=O) groups is 2. The van der Waals surface area contributed by atoms with Crippen molar-refractivity contribution in [3.63, 3.8) is 0 Å². The largest absolute Gasteiger partial charge is 0.482 e. The van der Waals surface area contributed by atoms with Gasteiger partial charge in [-0.05, 0) is 49.6 Å². The van der Waals surface area contributed by atoms with Gasteiger partial charge in [0.15, 0.2) is 6.61 Å². The van der Waals surface area contributed by atoms with E-state index in [4.69, 9.17) is 9.47 Å². The second kappa shape index (κ2) is 7.38. The van der Waals surface area contributed by atoms with E-state index in [-0.39, 0.29) is 12.5 Å². The van der Waals surface area contributed by atoms with E-state index in [0.717, 1.165) is 18.4 Å². The third-order valence-corrected chi connectivity index (χ3v) is 4.29. The highest BCUT2D eigenvalue weighted by molar-refractivity contribution is 6.01. The number of esters is 1. The van der Waals surface area contributed by atoms with E-state index >= 15 is 0 Å². The Kier molecular flexibility index (Phi) is 5.03. The Morgan fingerprint density at radius 1 is 1.04 bits per heavy atom. The SMILES string of the molecule is CCOC(=O)COc1ccc(NC(=O)C2(c3ccccc3)CC2)cc1. The second-order valence-electron chi connectivity index (χ2n) is 6.02. The van der Waals surface area contributed by atoms with Gasteiger partial charge in [-0.2, -0.15) is 0 Å². The van der Waals surface area contributed by atoms with Crippen molar-refractivity contribution < 1.29 is 19.1 Å². The number of rotatable bonds is 7.